The van der Waals surface area contributed by atoms with Gasteiger partial charge in [-0.3, -0.25) is 4.79 Å². The first-order valence-corrected chi connectivity index (χ1v) is 7.07. The fourth-order valence-corrected chi connectivity index (χ4v) is 2.51. The lowest BCUT2D eigenvalue weighted by Gasteiger charge is -2.29. The van der Waals surface area contributed by atoms with Crippen LogP contribution in [0.2, 0.25) is 0 Å². The topological polar surface area (TPSA) is 107 Å². The Kier molecular flexibility index (Phi) is 4.66. The van der Waals surface area contributed by atoms with Gasteiger partial charge in [-0.05, 0) is 19.8 Å². The molecule has 2 aliphatic rings. The van der Waals surface area contributed by atoms with Gasteiger partial charge in [0, 0.05) is 19.0 Å². The fraction of sp³-hybridized carbons (Fsp3) is 0.769. The zero-order valence-electron chi connectivity index (χ0n) is 11.9. The number of aliphatic carboxylic acids is 1. The second-order valence-electron chi connectivity index (χ2n) is 5.34. The monoisotopic (exact) mass is 300 g/mol. The molecule has 2 atom stereocenters. The van der Waals surface area contributed by atoms with E-state index in [1.165, 1.54) is 4.90 Å². The predicted molar refractivity (Wildman–Crippen MR) is 70.5 cm³/mol. The molecule has 2 N–H and O–H groups in total. The highest BCUT2D eigenvalue weighted by Gasteiger charge is 2.44. The second kappa shape index (κ2) is 6.30. The van der Waals surface area contributed by atoms with Crippen molar-refractivity contribution in [1.29, 1.82) is 0 Å². The van der Waals surface area contributed by atoms with E-state index in [9.17, 15) is 19.5 Å². The quantitative estimate of drug-likeness (QED) is 0.672. The zero-order valence-corrected chi connectivity index (χ0v) is 11.9. The smallest absolute Gasteiger partial charge is 0.326 e. The molecule has 118 valence electrons. The van der Waals surface area contributed by atoms with Crippen LogP contribution in [0.1, 0.15) is 26.2 Å². The van der Waals surface area contributed by atoms with Crippen LogP contribution >= 0.6 is 0 Å². The van der Waals surface area contributed by atoms with Crippen molar-refractivity contribution in [2.45, 2.75) is 44.4 Å². The van der Waals surface area contributed by atoms with Crippen LogP contribution in [0.5, 0.6) is 0 Å². The number of nitrogens with zero attached hydrogens (tertiary/aromatic N) is 2. The number of carbonyl (C=O) groups excluding carboxylic acids is 2. The van der Waals surface area contributed by atoms with E-state index in [2.05, 4.69) is 0 Å². The number of hydrogen-bond donors (Lipinski definition) is 2. The Labute approximate surface area is 122 Å². The maximum atomic E-state index is 12.5. The van der Waals surface area contributed by atoms with E-state index in [1.54, 1.807) is 6.92 Å². The molecular weight excluding hydrogens is 280 g/mol. The molecule has 0 bridgehead atoms. The van der Waals surface area contributed by atoms with Crippen molar-refractivity contribution in [3.05, 3.63) is 0 Å². The highest BCUT2D eigenvalue weighted by Crippen LogP contribution is 2.30. The molecule has 0 aromatic heterocycles. The fourth-order valence-electron chi connectivity index (χ4n) is 2.51. The second-order valence-corrected chi connectivity index (χ2v) is 5.34. The van der Waals surface area contributed by atoms with E-state index in [-0.39, 0.29) is 32.2 Å². The number of esters is 1. The summed E-state index contributed by atoms with van der Waals surface area (Å²) in [5.74, 6) is -1.66. The van der Waals surface area contributed by atoms with E-state index in [0.29, 0.717) is 0 Å². The van der Waals surface area contributed by atoms with Crippen LogP contribution in [0, 0.1) is 0 Å². The number of aliphatic hydroxyl groups excluding tert-OH is 1. The molecule has 1 aliphatic heterocycles. The maximum absolute atomic E-state index is 12.5. The molecule has 0 aromatic carbocycles. The normalized spacial score (nSPS) is 24.8. The third-order valence-electron chi connectivity index (χ3n) is 3.65. The number of β-amino-alcohol motifs (C(OH)–C–C–N with tert-alkyl or cyclic N) is 1. The number of carboxylic acids is 1. The standard InChI is InChI=1S/C13H20N2O6/c1-2-21-11(17)7-14(8-3-4-8)13(20)15-6-9(16)5-10(15)12(18)19/h8-10,16H,2-7H2,1H3,(H,18,19)/t9-,10-/m1/s1. The number of aliphatic hydroxyl groups is 1. The van der Waals surface area contributed by atoms with Crippen LogP contribution in [0.3, 0.4) is 0 Å². The number of ether oxygens (including phenoxy) is 1. The lowest BCUT2D eigenvalue weighted by Crippen LogP contribution is -2.50. The van der Waals surface area contributed by atoms with Crippen molar-refractivity contribution in [2.75, 3.05) is 19.7 Å². The molecule has 0 aromatic rings. The summed E-state index contributed by atoms with van der Waals surface area (Å²) in [5.41, 5.74) is 0. The highest BCUT2D eigenvalue weighted by molar-refractivity contribution is 5.86. The molecule has 2 amide bonds. The maximum Gasteiger partial charge on any atom is 0.326 e. The van der Waals surface area contributed by atoms with Gasteiger partial charge in [-0.1, -0.05) is 0 Å². The first-order chi connectivity index (χ1) is 9.93. The van der Waals surface area contributed by atoms with Gasteiger partial charge < -0.3 is 24.7 Å². The van der Waals surface area contributed by atoms with Crippen molar-refractivity contribution in [3.8, 4) is 0 Å². The van der Waals surface area contributed by atoms with Crippen LogP contribution in [0.25, 0.3) is 0 Å². The highest BCUT2D eigenvalue weighted by atomic mass is 16.5. The van der Waals surface area contributed by atoms with Gasteiger partial charge >= 0.3 is 18.0 Å². The SMILES string of the molecule is CCOC(=O)CN(C(=O)N1C[C@H](O)C[C@@H]1C(=O)O)C1CC1. The number of likely N-dealkylation sites (tertiary alicyclic amines) is 1. The molecule has 1 heterocycles. The van der Waals surface area contributed by atoms with Gasteiger partial charge in [0.15, 0.2) is 0 Å². The van der Waals surface area contributed by atoms with Crippen LogP contribution in [0.4, 0.5) is 4.79 Å². The number of amides is 2. The molecule has 8 heteroatoms. The van der Waals surface area contributed by atoms with E-state index in [1.807, 2.05) is 0 Å². The number of urea groups is 1. The Hall–Kier alpha value is -1.83. The third-order valence-corrected chi connectivity index (χ3v) is 3.65. The number of carbonyl (C=O) groups is 3. The van der Waals surface area contributed by atoms with Gasteiger partial charge in [0.25, 0.3) is 0 Å². The summed E-state index contributed by atoms with van der Waals surface area (Å²) in [7, 11) is 0. The molecule has 0 unspecified atom stereocenters. The van der Waals surface area contributed by atoms with Gasteiger partial charge in [0.2, 0.25) is 0 Å². The van der Waals surface area contributed by atoms with Crippen LogP contribution in [0.15, 0.2) is 0 Å². The van der Waals surface area contributed by atoms with Gasteiger partial charge in [0.05, 0.1) is 12.7 Å². The molecule has 0 radical (unpaired) electrons. The average Bonchev–Trinajstić information content (AvgIpc) is 3.17. The van der Waals surface area contributed by atoms with Crippen molar-refractivity contribution in [1.82, 2.24) is 9.80 Å². The molecular formula is C13H20N2O6. The average molecular weight is 300 g/mol. The molecule has 2 rings (SSSR count). The van der Waals surface area contributed by atoms with E-state index >= 15 is 0 Å². The van der Waals surface area contributed by atoms with E-state index in [4.69, 9.17) is 9.84 Å². The Balaban J connectivity index is 2.07. The number of hydrogen-bond acceptors (Lipinski definition) is 5. The number of carboxylic acid groups (broad SMARTS) is 1. The van der Waals surface area contributed by atoms with Gasteiger partial charge in [-0.15, -0.1) is 0 Å². The van der Waals surface area contributed by atoms with Crippen molar-refractivity contribution >= 4 is 18.0 Å². The summed E-state index contributed by atoms with van der Waals surface area (Å²) in [6.45, 7) is 1.70. The summed E-state index contributed by atoms with van der Waals surface area (Å²) in [5, 5.41) is 18.7. The van der Waals surface area contributed by atoms with Gasteiger partial charge in [-0.2, -0.15) is 0 Å². The van der Waals surface area contributed by atoms with Crippen LogP contribution < -0.4 is 0 Å². The number of rotatable bonds is 5. The summed E-state index contributed by atoms with van der Waals surface area (Å²) in [4.78, 5) is 37.7. The Morgan fingerprint density at radius 2 is 2.00 bits per heavy atom. The Bertz CT molecular complexity index is 436. The minimum Gasteiger partial charge on any atom is -0.480 e. The minimum atomic E-state index is -1.15. The Morgan fingerprint density at radius 1 is 1.33 bits per heavy atom. The zero-order chi connectivity index (χ0) is 15.6. The largest absolute Gasteiger partial charge is 0.480 e. The molecule has 1 saturated carbocycles. The molecule has 0 spiro atoms. The summed E-state index contributed by atoms with van der Waals surface area (Å²) >= 11 is 0. The van der Waals surface area contributed by atoms with Crippen molar-refractivity contribution < 1.29 is 29.3 Å². The summed E-state index contributed by atoms with van der Waals surface area (Å²) in [6, 6.07) is -1.61. The van der Waals surface area contributed by atoms with Gasteiger partial charge in [-0.25, -0.2) is 9.59 Å². The lowest BCUT2D eigenvalue weighted by atomic mass is 10.2. The molecule has 21 heavy (non-hydrogen) atoms. The first-order valence-electron chi connectivity index (χ1n) is 7.07. The molecule has 8 nitrogen and oxygen atoms in total. The van der Waals surface area contributed by atoms with Gasteiger partial charge in [0.1, 0.15) is 12.6 Å². The minimum absolute atomic E-state index is 0.0129. The molecule has 1 saturated heterocycles. The van der Waals surface area contributed by atoms with E-state index in [0.717, 1.165) is 17.7 Å². The summed E-state index contributed by atoms with van der Waals surface area (Å²) in [6.07, 6.45) is 0.746. The summed E-state index contributed by atoms with van der Waals surface area (Å²) < 4.78 is 4.84. The first kappa shape index (κ1) is 15.6. The predicted octanol–water partition coefficient (Wildman–Crippen LogP) is -0.346. The Morgan fingerprint density at radius 3 is 2.52 bits per heavy atom. The third kappa shape index (κ3) is 3.63. The van der Waals surface area contributed by atoms with Crippen molar-refractivity contribution in [2.24, 2.45) is 0 Å². The van der Waals surface area contributed by atoms with E-state index < -0.39 is 30.1 Å². The van der Waals surface area contributed by atoms with Crippen LogP contribution in [-0.2, 0) is 14.3 Å². The van der Waals surface area contributed by atoms with Crippen molar-refractivity contribution in [3.63, 3.8) is 0 Å². The molecule has 1 aliphatic carbocycles. The van der Waals surface area contributed by atoms with Crippen LogP contribution in [-0.4, -0.2) is 75.9 Å². The lowest BCUT2D eigenvalue weighted by molar-refractivity contribution is -0.144. The molecule has 2 fully saturated rings.